The summed E-state index contributed by atoms with van der Waals surface area (Å²) >= 11 is 0. The molecule has 19 heavy (non-hydrogen) atoms. The summed E-state index contributed by atoms with van der Waals surface area (Å²) in [6.07, 6.45) is 7.13. The average Bonchev–Trinajstić information content (AvgIpc) is 3.14. The van der Waals surface area contributed by atoms with Gasteiger partial charge in [0.25, 0.3) is 0 Å². The van der Waals surface area contributed by atoms with Crippen molar-refractivity contribution in [3.8, 4) is 0 Å². The number of rotatable bonds is 8. The van der Waals surface area contributed by atoms with Gasteiger partial charge in [-0.3, -0.25) is 9.69 Å². The van der Waals surface area contributed by atoms with E-state index in [1.807, 2.05) is 0 Å². The summed E-state index contributed by atoms with van der Waals surface area (Å²) in [6.45, 7) is 7.04. The topological polar surface area (TPSA) is 44.4 Å². The molecule has 2 fully saturated rings. The van der Waals surface area contributed by atoms with Crippen molar-refractivity contribution in [1.29, 1.82) is 0 Å². The highest BCUT2D eigenvalue weighted by Gasteiger charge is 2.32. The predicted molar refractivity (Wildman–Crippen MR) is 78.1 cm³/mol. The molecule has 1 saturated heterocycles. The number of amides is 1. The van der Waals surface area contributed by atoms with Crippen molar-refractivity contribution < 1.29 is 4.79 Å². The van der Waals surface area contributed by atoms with Crippen LogP contribution in [0.5, 0.6) is 0 Å². The van der Waals surface area contributed by atoms with E-state index in [2.05, 4.69) is 29.4 Å². The van der Waals surface area contributed by atoms with Gasteiger partial charge >= 0.3 is 0 Å². The minimum atomic E-state index is 0.207. The van der Waals surface area contributed by atoms with Gasteiger partial charge in [-0.1, -0.05) is 13.8 Å². The summed E-state index contributed by atoms with van der Waals surface area (Å²) in [7, 11) is 0. The smallest absolute Gasteiger partial charge is 0.234 e. The van der Waals surface area contributed by atoms with Gasteiger partial charge in [0, 0.05) is 24.7 Å². The molecule has 1 aliphatic heterocycles. The summed E-state index contributed by atoms with van der Waals surface area (Å²) in [5.74, 6) is 0.207. The Morgan fingerprint density at radius 1 is 1.32 bits per heavy atom. The van der Waals surface area contributed by atoms with Crippen LogP contribution in [-0.2, 0) is 4.79 Å². The fourth-order valence-electron chi connectivity index (χ4n) is 2.93. The minimum Gasteiger partial charge on any atom is -0.352 e. The van der Waals surface area contributed by atoms with Gasteiger partial charge in [0.05, 0.1) is 6.54 Å². The van der Waals surface area contributed by atoms with E-state index >= 15 is 0 Å². The van der Waals surface area contributed by atoms with Gasteiger partial charge in [-0.05, 0) is 45.1 Å². The zero-order chi connectivity index (χ0) is 13.7. The van der Waals surface area contributed by atoms with E-state index in [0.29, 0.717) is 24.7 Å². The van der Waals surface area contributed by atoms with Crippen LogP contribution < -0.4 is 10.6 Å². The van der Waals surface area contributed by atoms with Gasteiger partial charge in [0.2, 0.25) is 5.91 Å². The highest BCUT2D eigenvalue weighted by atomic mass is 16.2. The Morgan fingerprint density at radius 2 is 2.05 bits per heavy atom. The lowest BCUT2D eigenvalue weighted by atomic mass is 10.1. The summed E-state index contributed by atoms with van der Waals surface area (Å²) < 4.78 is 0. The Labute approximate surface area is 117 Å². The Hall–Kier alpha value is -0.610. The second kappa shape index (κ2) is 7.25. The monoisotopic (exact) mass is 267 g/mol. The van der Waals surface area contributed by atoms with Crippen molar-refractivity contribution in [2.24, 2.45) is 0 Å². The number of hydrogen-bond donors (Lipinski definition) is 2. The quantitative estimate of drug-likeness (QED) is 0.700. The number of nitrogens with one attached hydrogen (secondary N) is 2. The van der Waals surface area contributed by atoms with Crippen LogP contribution in [0.2, 0.25) is 0 Å². The molecule has 2 aliphatic rings. The van der Waals surface area contributed by atoms with Gasteiger partial charge in [-0.15, -0.1) is 0 Å². The van der Waals surface area contributed by atoms with Crippen LogP contribution in [0.1, 0.15) is 52.4 Å². The molecule has 0 aromatic heterocycles. The first-order chi connectivity index (χ1) is 9.22. The van der Waals surface area contributed by atoms with Crippen molar-refractivity contribution in [3.05, 3.63) is 0 Å². The number of nitrogens with zero attached hydrogens (tertiary/aromatic N) is 1. The van der Waals surface area contributed by atoms with Gasteiger partial charge in [0.15, 0.2) is 0 Å². The Balaban J connectivity index is 1.77. The second-order valence-corrected chi connectivity index (χ2v) is 6.03. The largest absolute Gasteiger partial charge is 0.352 e. The summed E-state index contributed by atoms with van der Waals surface area (Å²) in [5.41, 5.74) is 0. The maximum atomic E-state index is 12.1. The van der Waals surface area contributed by atoms with Crippen molar-refractivity contribution in [2.75, 3.05) is 19.6 Å². The number of carbonyl (C=O) groups excluding carboxylic acids is 1. The summed E-state index contributed by atoms with van der Waals surface area (Å²) in [5, 5.41) is 6.69. The molecule has 1 saturated carbocycles. The van der Waals surface area contributed by atoms with Crippen LogP contribution in [0.15, 0.2) is 0 Å². The van der Waals surface area contributed by atoms with Crippen LogP contribution in [-0.4, -0.2) is 48.6 Å². The van der Waals surface area contributed by atoms with Gasteiger partial charge in [0.1, 0.15) is 0 Å². The number of hydrogen-bond acceptors (Lipinski definition) is 3. The molecule has 2 rings (SSSR count). The standard InChI is InChI=1S/C15H29N3O/c1-3-12(4-2)17-15(19)11-18(14-7-8-14)10-13-6-5-9-16-13/h12-14,16H,3-11H2,1-2H3,(H,17,19). The lowest BCUT2D eigenvalue weighted by Crippen LogP contribution is -2.46. The molecule has 1 aliphatic carbocycles. The lowest BCUT2D eigenvalue weighted by Gasteiger charge is -2.26. The first-order valence-electron chi connectivity index (χ1n) is 7.99. The van der Waals surface area contributed by atoms with Crippen LogP contribution in [0.3, 0.4) is 0 Å². The normalized spacial score (nSPS) is 23.3. The molecule has 0 aromatic carbocycles. The molecule has 1 atom stereocenters. The van der Waals surface area contributed by atoms with E-state index in [9.17, 15) is 4.79 Å². The molecule has 110 valence electrons. The fraction of sp³-hybridized carbons (Fsp3) is 0.933. The number of carbonyl (C=O) groups is 1. The van der Waals surface area contributed by atoms with E-state index in [1.165, 1.54) is 25.7 Å². The van der Waals surface area contributed by atoms with Gasteiger partial charge in [-0.2, -0.15) is 0 Å². The van der Waals surface area contributed by atoms with Gasteiger partial charge in [-0.25, -0.2) is 0 Å². The lowest BCUT2D eigenvalue weighted by molar-refractivity contribution is -0.123. The maximum Gasteiger partial charge on any atom is 0.234 e. The van der Waals surface area contributed by atoms with E-state index < -0.39 is 0 Å². The third-order valence-electron chi connectivity index (χ3n) is 4.38. The zero-order valence-corrected chi connectivity index (χ0v) is 12.5. The SMILES string of the molecule is CCC(CC)NC(=O)CN(CC1CCCN1)C1CC1. The third kappa shape index (κ3) is 4.77. The van der Waals surface area contributed by atoms with Crippen LogP contribution >= 0.6 is 0 Å². The van der Waals surface area contributed by atoms with E-state index in [0.717, 1.165) is 25.9 Å². The molecule has 4 nitrogen and oxygen atoms in total. The first-order valence-corrected chi connectivity index (χ1v) is 7.99. The van der Waals surface area contributed by atoms with Crippen LogP contribution in [0, 0.1) is 0 Å². The van der Waals surface area contributed by atoms with Gasteiger partial charge < -0.3 is 10.6 Å². The molecule has 4 heteroatoms. The molecule has 0 spiro atoms. The highest BCUT2D eigenvalue weighted by molar-refractivity contribution is 5.78. The van der Waals surface area contributed by atoms with Crippen molar-refractivity contribution in [1.82, 2.24) is 15.5 Å². The van der Waals surface area contributed by atoms with Crippen LogP contribution in [0.4, 0.5) is 0 Å². The average molecular weight is 267 g/mol. The molecule has 0 bridgehead atoms. The zero-order valence-electron chi connectivity index (χ0n) is 12.5. The molecule has 1 unspecified atom stereocenters. The van der Waals surface area contributed by atoms with Crippen molar-refractivity contribution >= 4 is 5.91 Å². The predicted octanol–water partition coefficient (Wildman–Crippen LogP) is 1.51. The summed E-state index contributed by atoms with van der Waals surface area (Å²) in [4.78, 5) is 14.5. The minimum absolute atomic E-state index is 0.207. The molecular formula is C15H29N3O. The molecule has 1 amide bonds. The molecule has 1 heterocycles. The Morgan fingerprint density at radius 3 is 2.58 bits per heavy atom. The fourth-order valence-corrected chi connectivity index (χ4v) is 2.93. The Kier molecular flexibility index (Phi) is 5.64. The third-order valence-corrected chi connectivity index (χ3v) is 4.38. The van der Waals surface area contributed by atoms with E-state index in [-0.39, 0.29) is 5.91 Å². The molecule has 0 aromatic rings. The van der Waals surface area contributed by atoms with Crippen molar-refractivity contribution in [3.63, 3.8) is 0 Å². The van der Waals surface area contributed by atoms with E-state index in [1.54, 1.807) is 0 Å². The first kappa shape index (κ1) is 14.8. The summed E-state index contributed by atoms with van der Waals surface area (Å²) in [6, 6.07) is 1.61. The van der Waals surface area contributed by atoms with E-state index in [4.69, 9.17) is 0 Å². The molecule has 2 N–H and O–H groups in total. The molecule has 0 radical (unpaired) electrons. The highest BCUT2D eigenvalue weighted by Crippen LogP contribution is 2.27. The second-order valence-electron chi connectivity index (χ2n) is 6.03. The molecular weight excluding hydrogens is 238 g/mol. The maximum absolute atomic E-state index is 12.1. The van der Waals surface area contributed by atoms with Crippen molar-refractivity contribution in [2.45, 2.75) is 70.5 Å². The van der Waals surface area contributed by atoms with Crippen LogP contribution in [0.25, 0.3) is 0 Å². The Bertz CT molecular complexity index is 281.